The zero-order chi connectivity index (χ0) is 12.5. The van der Waals surface area contributed by atoms with Crippen LogP contribution in [0.3, 0.4) is 0 Å². The Bertz CT molecular complexity index is 356. The molecule has 1 saturated heterocycles. The predicted molar refractivity (Wildman–Crippen MR) is 69.7 cm³/mol. The molecule has 2 atom stereocenters. The van der Waals surface area contributed by atoms with Gasteiger partial charge >= 0.3 is 0 Å². The van der Waals surface area contributed by atoms with Crippen molar-refractivity contribution >= 4 is 0 Å². The fourth-order valence-electron chi connectivity index (χ4n) is 2.28. The van der Waals surface area contributed by atoms with Crippen molar-refractivity contribution in [3.05, 3.63) is 18.0 Å². The lowest BCUT2D eigenvalue weighted by Gasteiger charge is -2.28. The summed E-state index contributed by atoms with van der Waals surface area (Å²) in [5.74, 6) is 0.643. The average Bonchev–Trinajstić information content (AvgIpc) is 2.78. The SMILES string of the molecule is CC(C)(C)n1cc(C2CCC(CN)CN2)cn1. The van der Waals surface area contributed by atoms with Crippen LogP contribution in [0.4, 0.5) is 0 Å². The molecule has 2 heterocycles. The summed E-state index contributed by atoms with van der Waals surface area (Å²) < 4.78 is 2.04. The Morgan fingerprint density at radius 1 is 1.47 bits per heavy atom. The van der Waals surface area contributed by atoms with Crippen molar-refractivity contribution in [1.82, 2.24) is 15.1 Å². The molecule has 0 bridgehead atoms. The number of piperidine rings is 1. The summed E-state index contributed by atoms with van der Waals surface area (Å²) in [6.45, 7) is 8.33. The Kier molecular flexibility index (Phi) is 3.54. The van der Waals surface area contributed by atoms with E-state index in [9.17, 15) is 0 Å². The second-order valence-corrected chi connectivity index (χ2v) is 6.03. The summed E-state index contributed by atoms with van der Waals surface area (Å²) in [5.41, 5.74) is 7.06. The molecular weight excluding hydrogens is 212 g/mol. The third-order valence-electron chi connectivity index (χ3n) is 3.54. The first kappa shape index (κ1) is 12.6. The third kappa shape index (κ3) is 2.87. The van der Waals surface area contributed by atoms with Crippen LogP contribution in [-0.2, 0) is 5.54 Å². The van der Waals surface area contributed by atoms with E-state index in [1.807, 2.05) is 10.9 Å². The van der Waals surface area contributed by atoms with Crippen LogP contribution in [0.2, 0.25) is 0 Å². The number of hydrogen-bond donors (Lipinski definition) is 2. The van der Waals surface area contributed by atoms with Gasteiger partial charge in [0.2, 0.25) is 0 Å². The topological polar surface area (TPSA) is 55.9 Å². The number of hydrogen-bond acceptors (Lipinski definition) is 3. The molecule has 0 saturated carbocycles. The molecule has 2 rings (SSSR count). The average molecular weight is 236 g/mol. The van der Waals surface area contributed by atoms with Gasteiger partial charge < -0.3 is 11.1 Å². The molecular formula is C13H24N4. The van der Waals surface area contributed by atoms with Gasteiger partial charge in [0, 0.05) is 17.8 Å². The van der Waals surface area contributed by atoms with Gasteiger partial charge in [0.25, 0.3) is 0 Å². The molecule has 4 heteroatoms. The smallest absolute Gasteiger partial charge is 0.0543 e. The first-order chi connectivity index (χ1) is 8.00. The Morgan fingerprint density at radius 2 is 2.24 bits per heavy atom. The van der Waals surface area contributed by atoms with Gasteiger partial charge in [-0.2, -0.15) is 5.10 Å². The van der Waals surface area contributed by atoms with E-state index >= 15 is 0 Å². The Morgan fingerprint density at radius 3 is 2.71 bits per heavy atom. The van der Waals surface area contributed by atoms with E-state index < -0.39 is 0 Å². The number of rotatable bonds is 2. The Hall–Kier alpha value is -0.870. The number of nitrogens with one attached hydrogen (secondary N) is 1. The van der Waals surface area contributed by atoms with E-state index in [4.69, 9.17) is 5.73 Å². The quantitative estimate of drug-likeness (QED) is 0.820. The molecule has 1 aromatic heterocycles. The molecule has 1 fully saturated rings. The van der Waals surface area contributed by atoms with Crippen molar-refractivity contribution in [2.24, 2.45) is 11.7 Å². The standard InChI is InChI=1S/C13H24N4/c1-13(2,3)17-9-11(8-16-17)12-5-4-10(6-14)7-15-12/h8-10,12,15H,4-7,14H2,1-3H3. The number of aromatic nitrogens is 2. The van der Waals surface area contributed by atoms with Crippen molar-refractivity contribution in [3.8, 4) is 0 Å². The van der Waals surface area contributed by atoms with Crippen LogP contribution >= 0.6 is 0 Å². The monoisotopic (exact) mass is 236 g/mol. The van der Waals surface area contributed by atoms with E-state index in [0.29, 0.717) is 12.0 Å². The molecule has 1 aromatic rings. The van der Waals surface area contributed by atoms with Crippen molar-refractivity contribution < 1.29 is 0 Å². The van der Waals surface area contributed by atoms with Gasteiger partial charge in [0.15, 0.2) is 0 Å². The van der Waals surface area contributed by atoms with Crippen LogP contribution in [0.25, 0.3) is 0 Å². The third-order valence-corrected chi connectivity index (χ3v) is 3.54. The summed E-state index contributed by atoms with van der Waals surface area (Å²) in [6, 6.07) is 0.453. The van der Waals surface area contributed by atoms with E-state index in [1.54, 1.807) is 0 Å². The summed E-state index contributed by atoms with van der Waals surface area (Å²) in [4.78, 5) is 0. The summed E-state index contributed by atoms with van der Waals surface area (Å²) in [7, 11) is 0. The maximum absolute atomic E-state index is 5.69. The maximum atomic E-state index is 5.69. The van der Waals surface area contributed by atoms with Crippen LogP contribution < -0.4 is 11.1 Å². The van der Waals surface area contributed by atoms with E-state index in [0.717, 1.165) is 19.5 Å². The van der Waals surface area contributed by atoms with Crippen molar-refractivity contribution in [2.45, 2.75) is 45.2 Å². The molecule has 96 valence electrons. The van der Waals surface area contributed by atoms with Crippen molar-refractivity contribution in [1.29, 1.82) is 0 Å². The van der Waals surface area contributed by atoms with Crippen molar-refractivity contribution in [2.75, 3.05) is 13.1 Å². The highest BCUT2D eigenvalue weighted by atomic mass is 15.3. The zero-order valence-corrected chi connectivity index (χ0v) is 11.1. The highest BCUT2D eigenvalue weighted by molar-refractivity contribution is 5.12. The lowest BCUT2D eigenvalue weighted by molar-refractivity contribution is 0.318. The van der Waals surface area contributed by atoms with Gasteiger partial charge in [-0.15, -0.1) is 0 Å². The highest BCUT2D eigenvalue weighted by Crippen LogP contribution is 2.26. The fraction of sp³-hybridized carbons (Fsp3) is 0.769. The van der Waals surface area contributed by atoms with Gasteiger partial charge in [0.1, 0.15) is 0 Å². The molecule has 1 aliphatic rings. The minimum Gasteiger partial charge on any atom is -0.330 e. The predicted octanol–water partition coefficient (Wildman–Crippen LogP) is 1.64. The van der Waals surface area contributed by atoms with Crippen LogP contribution in [0.5, 0.6) is 0 Å². The van der Waals surface area contributed by atoms with Gasteiger partial charge in [-0.3, -0.25) is 4.68 Å². The van der Waals surface area contributed by atoms with Crippen molar-refractivity contribution in [3.63, 3.8) is 0 Å². The molecule has 1 aliphatic heterocycles. The van der Waals surface area contributed by atoms with Crippen LogP contribution in [0, 0.1) is 5.92 Å². The molecule has 3 N–H and O–H groups in total. The summed E-state index contributed by atoms with van der Waals surface area (Å²) in [6.07, 6.45) is 6.54. The first-order valence-electron chi connectivity index (χ1n) is 6.49. The fourth-order valence-corrected chi connectivity index (χ4v) is 2.28. The van der Waals surface area contributed by atoms with E-state index in [-0.39, 0.29) is 5.54 Å². The molecule has 0 spiro atoms. The minimum atomic E-state index is 0.0622. The lowest BCUT2D eigenvalue weighted by atomic mass is 9.92. The van der Waals surface area contributed by atoms with Gasteiger partial charge in [-0.1, -0.05) is 0 Å². The number of nitrogens with two attached hydrogens (primary N) is 1. The Balaban J connectivity index is 2.02. The largest absolute Gasteiger partial charge is 0.330 e. The summed E-state index contributed by atoms with van der Waals surface area (Å²) in [5, 5.41) is 8.02. The van der Waals surface area contributed by atoms with Gasteiger partial charge in [-0.05, 0) is 52.6 Å². The second-order valence-electron chi connectivity index (χ2n) is 6.03. The van der Waals surface area contributed by atoms with E-state index in [1.165, 1.54) is 12.0 Å². The van der Waals surface area contributed by atoms with Gasteiger partial charge in [0.05, 0.1) is 11.7 Å². The molecule has 0 aliphatic carbocycles. The van der Waals surface area contributed by atoms with Crippen LogP contribution in [0.1, 0.15) is 45.2 Å². The lowest BCUT2D eigenvalue weighted by Crippen LogP contribution is -2.36. The molecule has 0 radical (unpaired) electrons. The van der Waals surface area contributed by atoms with Gasteiger partial charge in [-0.25, -0.2) is 0 Å². The van der Waals surface area contributed by atoms with Crippen LogP contribution in [-0.4, -0.2) is 22.9 Å². The molecule has 0 amide bonds. The number of nitrogens with zero attached hydrogens (tertiary/aromatic N) is 2. The molecule has 2 unspecified atom stereocenters. The molecule has 4 nitrogen and oxygen atoms in total. The van der Waals surface area contributed by atoms with E-state index in [2.05, 4.69) is 37.4 Å². The highest BCUT2D eigenvalue weighted by Gasteiger charge is 2.23. The molecule has 0 aromatic carbocycles. The summed E-state index contributed by atoms with van der Waals surface area (Å²) >= 11 is 0. The zero-order valence-electron chi connectivity index (χ0n) is 11.1. The maximum Gasteiger partial charge on any atom is 0.0543 e. The van der Waals surface area contributed by atoms with Crippen LogP contribution in [0.15, 0.2) is 12.4 Å². The Labute approximate surface area is 104 Å². The second kappa shape index (κ2) is 4.78. The first-order valence-corrected chi connectivity index (χ1v) is 6.49. The normalized spacial score (nSPS) is 26.1. The minimum absolute atomic E-state index is 0.0622. The molecule has 17 heavy (non-hydrogen) atoms.